The van der Waals surface area contributed by atoms with Gasteiger partial charge in [-0.25, -0.2) is 8.78 Å². The monoisotopic (exact) mass is 339 g/mol. The molecule has 0 aromatic heterocycles. The lowest BCUT2D eigenvalue weighted by atomic mass is 10.1. The fourth-order valence-electron chi connectivity index (χ4n) is 2.13. The number of benzene rings is 2. The second-order valence-electron chi connectivity index (χ2n) is 5.15. The van der Waals surface area contributed by atoms with Crippen molar-refractivity contribution in [2.45, 2.75) is 19.9 Å². The van der Waals surface area contributed by atoms with Crippen molar-refractivity contribution in [2.24, 2.45) is 0 Å². The highest BCUT2D eigenvalue weighted by atomic mass is 35.5. The molecule has 0 spiro atoms. The highest BCUT2D eigenvalue weighted by Crippen LogP contribution is 2.22. The van der Waals surface area contributed by atoms with Crippen molar-refractivity contribution < 1.29 is 18.3 Å². The van der Waals surface area contributed by atoms with Crippen molar-refractivity contribution >= 4 is 17.5 Å². The predicted octanol–water partition coefficient (Wildman–Crippen LogP) is 4.18. The van der Waals surface area contributed by atoms with E-state index in [0.29, 0.717) is 10.8 Å². The Hall–Kier alpha value is -2.14. The Morgan fingerprint density at radius 2 is 2.00 bits per heavy atom. The lowest BCUT2D eigenvalue weighted by Crippen LogP contribution is -2.31. The molecule has 0 aliphatic rings. The second kappa shape index (κ2) is 7.42. The first-order valence-corrected chi connectivity index (χ1v) is 7.38. The van der Waals surface area contributed by atoms with Crippen LogP contribution >= 0.6 is 11.6 Å². The Bertz CT molecular complexity index is 722. The molecule has 0 bridgehead atoms. The fourth-order valence-corrected chi connectivity index (χ4v) is 2.36. The molecule has 1 atom stereocenters. The summed E-state index contributed by atoms with van der Waals surface area (Å²) in [5, 5.41) is 3.19. The molecule has 0 radical (unpaired) electrons. The first-order valence-electron chi connectivity index (χ1n) is 7.00. The molecule has 23 heavy (non-hydrogen) atoms. The molecule has 3 nitrogen and oxygen atoms in total. The fraction of sp³-hybridized carbons (Fsp3) is 0.235. The number of halogens is 3. The topological polar surface area (TPSA) is 38.3 Å². The summed E-state index contributed by atoms with van der Waals surface area (Å²) >= 11 is 5.85. The van der Waals surface area contributed by atoms with E-state index in [1.165, 1.54) is 6.07 Å². The largest absolute Gasteiger partial charge is 0.484 e. The van der Waals surface area contributed by atoms with E-state index in [9.17, 15) is 13.6 Å². The number of rotatable bonds is 5. The van der Waals surface area contributed by atoms with E-state index >= 15 is 0 Å². The van der Waals surface area contributed by atoms with E-state index in [1.807, 2.05) is 6.92 Å². The zero-order chi connectivity index (χ0) is 17.0. The number of carbonyl (C=O) groups excluding carboxylic acids is 1. The summed E-state index contributed by atoms with van der Waals surface area (Å²) in [4.78, 5) is 11.9. The summed E-state index contributed by atoms with van der Waals surface area (Å²) in [5.41, 5.74) is 1.02. The highest BCUT2D eigenvalue weighted by molar-refractivity contribution is 6.30. The van der Waals surface area contributed by atoms with Crippen LogP contribution in [0.1, 0.15) is 24.1 Å². The summed E-state index contributed by atoms with van der Waals surface area (Å²) < 4.78 is 32.0. The van der Waals surface area contributed by atoms with Gasteiger partial charge in [0.1, 0.15) is 17.4 Å². The van der Waals surface area contributed by atoms with Gasteiger partial charge in [-0.2, -0.15) is 0 Å². The van der Waals surface area contributed by atoms with Crippen molar-refractivity contribution in [1.29, 1.82) is 0 Å². The van der Waals surface area contributed by atoms with Gasteiger partial charge in [0.25, 0.3) is 5.91 Å². The van der Waals surface area contributed by atoms with Gasteiger partial charge in [0, 0.05) is 16.7 Å². The van der Waals surface area contributed by atoms with E-state index in [1.54, 1.807) is 25.1 Å². The van der Waals surface area contributed by atoms with Gasteiger partial charge in [0.15, 0.2) is 6.61 Å². The molecule has 2 rings (SSSR count). The summed E-state index contributed by atoms with van der Waals surface area (Å²) in [5.74, 6) is -1.22. The highest BCUT2D eigenvalue weighted by Gasteiger charge is 2.15. The summed E-state index contributed by atoms with van der Waals surface area (Å²) in [6, 6.07) is 7.70. The van der Waals surface area contributed by atoms with Gasteiger partial charge < -0.3 is 10.1 Å². The van der Waals surface area contributed by atoms with Gasteiger partial charge >= 0.3 is 0 Å². The molecular formula is C17H16ClF2NO2. The van der Waals surface area contributed by atoms with Crippen LogP contribution in [0.3, 0.4) is 0 Å². The van der Waals surface area contributed by atoms with E-state index < -0.39 is 23.6 Å². The molecule has 0 aliphatic carbocycles. The number of aryl methyl sites for hydroxylation is 1. The van der Waals surface area contributed by atoms with Crippen LogP contribution in [0, 0.1) is 18.6 Å². The molecule has 0 unspecified atom stereocenters. The molecule has 0 heterocycles. The zero-order valence-electron chi connectivity index (χ0n) is 12.7. The van der Waals surface area contributed by atoms with E-state index in [2.05, 4.69) is 5.32 Å². The third kappa shape index (κ3) is 4.66. The van der Waals surface area contributed by atoms with Crippen LogP contribution < -0.4 is 10.1 Å². The van der Waals surface area contributed by atoms with Crippen LogP contribution in [0.4, 0.5) is 8.78 Å². The average molecular weight is 340 g/mol. The van der Waals surface area contributed by atoms with Crippen LogP contribution in [-0.2, 0) is 4.79 Å². The van der Waals surface area contributed by atoms with Gasteiger partial charge in [-0.15, -0.1) is 0 Å². The third-order valence-corrected chi connectivity index (χ3v) is 3.54. The van der Waals surface area contributed by atoms with Crippen molar-refractivity contribution in [2.75, 3.05) is 6.61 Å². The second-order valence-corrected chi connectivity index (χ2v) is 5.59. The average Bonchev–Trinajstić information content (AvgIpc) is 2.46. The molecule has 0 saturated heterocycles. The van der Waals surface area contributed by atoms with Crippen molar-refractivity contribution in [3.63, 3.8) is 0 Å². The predicted molar refractivity (Wildman–Crippen MR) is 84.6 cm³/mol. The molecule has 1 amide bonds. The number of ether oxygens (including phenoxy) is 1. The third-order valence-electron chi connectivity index (χ3n) is 3.30. The minimum absolute atomic E-state index is 0.211. The minimum Gasteiger partial charge on any atom is -0.484 e. The molecule has 1 N–H and O–H groups in total. The number of nitrogens with one attached hydrogen (secondary N) is 1. The van der Waals surface area contributed by atoms with Crippen molar-refractivity contribution in [1.82, 2.24) is 5.32 Å². The molecule has 6 heteroatoms. The first-order chi connectivity index (χ1) is 10.9. The van der Waals surface area contributed by atoms with Crippen LogP contribution in [0.25, 0.3) is 0 Å². The van der Waals surface area contributed by atoms with E-state index in [0.717, 1.165) is 17.7 Å². The summed E-state index contributed by atoms with van der Waals surface area (Å²) in [7, 11) is 0. The minimum atomic E-state index is -0.702. The van der Waals surface area contributed by atoms with Gasteiger partial charge in [0.05, 0.1) is 6.04 Å². The Labute approximate surface area is 138 Å². The summed E-state index contributed by atoms with van der Waals surface area (Å²) in [6.07, 6.45) is 0. The zero-order valence-corrected chi connectivity index (χ0v) is 13.5. The maximum absolute atomic E-state index is 13.7. The number of amides is 1. The normalized spacial score (nSPS) is 11.9. The molecule has 2 aromatic rings. The molecular weight excluding hydrogens is 324 g/mol. The Kier molecular flexibility index (Phi) is 5.55. The van der Waals surface area contributed by atoms with Crippen molar-refractivity contribution in [3.05, 3.63) is 64.2 Å². The van der Waals surface area contributed by atoms with Crippen LogP contribution in [-0.4, -0.2) is 12.5 Å². The van der Waals surface area contributed by atoms with Gasteiger partial charge in [0.2, 0.25) is 0 Å². The Balaban J connectivity index is 1.93. The SMILES string of the molecule is Cc1cc(Cl)ccc1OCC(=O)N[C@H](C)c1ccc(F)cc1F. The number of hydrogen-bond acceptors (Lipinski definition) is 2. The lowest BCUT2D eigenvalue weighted by Gasteiger charge is -2.16. The molecule has 2 aromatic carbocycles. The van der Waals surface area contributed by atoms with Gasteiger partial charge in [-0.05, 0) is 43.7 Å². The number of hydrogen-bond donors (Lipinski definition) is 1. The molecule has 122 valence electrons. The van der Waals surface area contributed by atoms with Gasteiger partial charge in [-0.3, -0.25) is 4.79 Å². The molecule has 0 aliphatic heterocycles. The standard InChI is InChI=1S/C17H16ClF2NO2/c1-10-7-12(18)3-6-16(10)23-9-17(22)21-11(2)14-5-4-13(19)8-15(14)20/h3-8,11H,9H2,1-2H3,(H,21,22)/t11-/m1/s1. The Morgan fingerprint density at radius 3 is 2.65 bits per heavy atom. The van der Waals surface area contributed by atoms with Crippen LogP contribution in [0.2, 0.25) is 5.02 Å². The van der Waals surface area contributed by atoms with Crippen molar-refractivity contribution in [3.8, 4) is 5.75 Å². The first kappa shape index (κ1) is 17.2. The maximum atomic E-state index is 13.7. The van der Waals surface area contributed by atoms with E-state index in [4.69, 9.17) is 16.3 Å². The van der Waals surface area contributed by atoms with Gasteiger partial charge in [-0.1, -0.05) is 17.7 Å². The number of carbonyl (C=O) groups is 1. The maximum Gasteiger partial charge on any atom is 0.258 e. The van der Waals surface area contributed by atoms with Crippen LogP contribution in [0.15, 0.2) is 36.4 Å². The summed E-state index contributed by atoms with van der Waals surface area (Å²) in [6.45, 7) is 3.22. The Morgan fingerprint density at radius 1 is 1.26 bits per heavy atom. The lowest BCUT2D eigenvalue weighted by molar-refractivity contribution is -0.123. The van der Waals surface area contributed by atoms with E-state index in [-0.39, 0.29) is 12.2 Å². The van der Waals surface area contributed by atoms with Crippen LogP contribution in [0.5, 0.6) is 5.75 Å². The smallest absolute Gasteiger partial charge is 0.258 e. The molecule has 0 fully saturated rings. The molecule has 0 saturated carbocycles. The quantitative estimate of drug-likeness (QED) is 0.887.